The summed E-state index contributed by atoms with van der Waals surface area (Å²) < 4.78 is 5.67. The van der Waals surface area contributed by atoms with Gasteiger partial charge in [0.2, 0.25) is 11.8 Å². The van der Waals surface area contributed by atoms with Gasteiger partial charge < -0.3 is 10.1 Å². The van der Waals surface area contributed by atoms with E-state index in [1.807, 2.05) is 26.0 Å². The van der Waals surface area contributed by atoms with E-state index in [2.05, 4.69) is 47.3 Å². The minimum absolute atomic E-state index is 0.0809. The molecule has 2 rings (SSSR count). The second-order valence-electron chi connectivity index (χ2n) is 6.05. The number of rotatable bonds is 4. The van der Waals surface area contributed by atoms with Gasteiger partial charge in [-0.1, -0.05) is 0 Å². The third-order valence-corrected chi connectivity index (χ3v) is 2.70. The minimum Gasteiger partial charge on any atom is -0.419 e. The van der Waals surface area contributed by atoms with Gasteiger partial charge in [0.1, 0.15) is 0 Å². The average molecular weight is 274 g/mol. The molecule has 2 aromatic heterocycles. The summed E-state index contributed by atoms with van der Waals surface area (Å²) in [5.41, 5.74) is 3.12. The van der Waals surface area contributed by atoms with Gasteiger partial charge in [-0.05, 0) is 46.2 Å². The van der Waals surface area contributed by atoms with E-state index in [0.29, 0.717) is 11.8 Å². The van der Waals surface area contributed by atoms with E-state index in [4.69, 9.17) is 4.74 Å². The molecule has 0 aliphatic carbocycles. The Morgan fingerprint density at radius 2 is 1.90 bits per heavy atom. The van der Waals surface area contributed by atoms with E-state index in [-0.39, 0.29) is 5.54 Å². The van der Waals surface area contributed by atoms with Crippen molar-refractivity contribution in [2.24, 2.45) is 0 Å². The number of aromatic nitrogens is 3. The Morgan fingerprint density at radius 3 is 2.50 bits per heavy atom. The first-order valence-corrected chi connectivity index (χ1v) is 6.74. The summed E-state index contributed by atoms with van der Waals surface area (Å²) in [4.78, 5) is 4.38. The zero-order valence-corrected chi connectivity index (χ0v) is 12.7. The highest BCUT2D eigenvalue weighted by Gasteiger charge is 2.10. The number of ether oxygens (including phenoxy) is 1. The highest BCUT2D eigenvalue weighted by molar-refractivity contribution is 5.28. The van der Waals surface area contributed by atoms with E-state index in [0.717, 1.165) is 23.5 Å². The van der Waals surface area contributed by atoms with Crippen LogP contribution in [-0.4, -0.2) is 20.7 Å². The van der Waals surface area contributed by atoms with Gasteiger partial charge in [-0.15, -0.1) is 5.10 Å². The fourth-order valence-corrected chi connectivity index (χ4v) is 1.78. The normalized spacial score (nSPS) is 11.7. The van der Waals surface area contributed by atoms with Crippen LogP contribution in [0.15, 0.2) is 18.2 Å². The van der Waals surface area contributed by atoms with Gasteiger partial charge in [-0.25, -0.2) is 4.98 Å². The molecular formula is C15H22N4O. The molecule has 0 unspecified atom stereocenters. The Morgan fingerprint density at radius 1 is 1.15 bits per heavy atom. The van der Waals surface area contributed by atoms with Crippen LogP contribution in [0.3, 0.4) is 0 Å². The molecule has 0 atom stereocenters. The molecule has 0 aliphatic rings. The summed E-state index contributed by atoms with van der Waals surface area (Å²) >= 11 is 0. The van der Waals surface area contributed by atoms with Crippen molar-refractivity contribution in [3.05, 3.63) is 35.2 Å². The van der Waals surface area contributed by atoms with Crippen LogP contribution in [0.2, 0.25) is 0 Å². The van der Waals surface area contributed by atoms with Crippen LogP contribution in [0, 0.1) is 13.8 Å². The third-order valence-electron chi connectivity index (χ3n) is 2.70. The number of nitrogens with one attached hydrogen (secondary N) is 2. The fourth-order valence-electron chi connectivity index (χ4n) is 1.78. The van der Waals surface area contributed by atoms with Gasteiger partial charge in [-0.2, -0.15) is 0 Å². The predicted octanol–water partition coefficient (Wildman–Crippen LogP) is 3.10. The first kappa shape index (κ1) is 14.5. The molecule has 0 bridgehead atoms. The number of pyridine rings is 1. The van der Waals surface area contributed by atoms with E-state index < -0.39 is 0 Å². The van der Waals surface area contributed by atoms with Crippen LogP contribution >= 0.6 is 0 Å². The van der Waals surface area contributed by atoms with E-state index >= 15 is 0 Å². The topological polar surface area (TPSA) is 62.8 Å². The average Bonchev–Trinajstić information content (AvgIpc) is 2.70. The number of hydrogen-bond donors (Lipinski definition) is 2. The van der Waals surface area contributed by atoms with E-state index in [9.17, 15) is 0 Å². The van der Waals surface area contributed by atoms with Crippen LogP contribution < -0.4 is 10.1 Å². The van der Waals surface area contributed by atoms with E-state index in [1.54, 1.807) is 0 Å². The Labute approximate surface area is 119 Å². The van der Waals surface area contributed by atoms with Gasteiger partial charge in [0, 0.05) is 35.6 Å². The Hall–Kier alpha value is -1.88. The highest BCUT2D eigenvalue weighted by Crippen LogP contribution is 2.20. The van der Waals surface area contributed by atoms with Gasteiger partial charge in [0.05, 0.1) is 0 Å². The Kier molecular flexibility index (Phi) is 4.09. The van der Waals surface area contributed by atoms with Crippen LogP contribution in [0.4, 0.5) is 0 Å². The largest absolute Gasteiger partial charge is 0.419 e. The maximum atomic E-state index is 5.67. The number of hydrogen-bond acceptors (Lipinski definition) is 4. The van der Waals surface area contributed by atoms with Gasteiger partial charge in [0.15, 0.2) is 0 Å². The lowest BCUT2D eigenvalue weighted by molar-refractivity contribution is 0.419. The zero-order chi connectivity index (χ0) is 14.8. The van der Waals surface area contributed by atoms with Crippen molar-refractivity contribution in [1.29, 1.82) is 0 Å². The maximum Gasteiger partial charge on any atom is 0.240 e. The molecule has 20 heavy (non-hydrogen) atoms. The number of nitrogens with zero attached hydrogens (tertiary/aromatic N) is 2. The summed E-state index contributed by atoms with van der Waals surface area (Å²) in [7, 11) is 0. The highest BCUT2D eigenvalue weighted by atomic mass is 16.5. The molecule has 2 N–H and O–H groups in total. The molecule has 0 fully saturated rings. The monoisotopic (exact) mass is 274 g/mol. The molecule has 0 spiro atoms. The van der Waals surface area contributed by atoms with Crippen molar-refractivity contribution in [2.75, 3.05) is 0 Å². The molecule has 0 aromatic carbocycles. The smallest absolute Gasteiger partial charge is 0.240 e. The van der Waals surface area contributed by atoms with Crippen LogP contribution in [-0.2, 0) is 6.54 Å². The van der Waals surface area contributed by atoms with Crippen LogP contribution in [0.5, 0.6) is 11.8 Å². The first-order chi connectivity index (χ1) is 9.32. The Balaban J connectivity index is 2.12. The number of aromatic amines is 1. The summed E-state index contributed by atoms with van der Waals surface area (Å²) in [5, 5.41) is 10.4. The lowest BCUT2D eigenvalue weighted by Gasteiger charge is -2.20. The first-order valence-electron chi connectivity index (χ1n) is 6.74. The quantitative estimate of drug-likeness (QED) is 0.899. The van der Waals surface area contributed by atoms with Crippen molar-refractivity contribution >= 4 is 0 Å². The lowest BCUT2D eigenvalue weighted by atomic mass is 10.1. The molecule has 2 heterocycles. The van der Waals surface area contributed by atoms with E-state index in [1.165, 1.54) is 0 Å². The molecule has 108 valence electrons. The molecule has 0 aliphatic heterocycles. The summed E-state index contributed by atoms with van der Waals surface area (Å²) in [5.74, 6) is 1.11. The molecule has 0 saturated heterocycles. The second-order valence-corrected chi connectivity index (χ2v) is 6.05. The van der Waals surface area contributed by atoms with Crippen molar-refractivity contribution in [3.63, 3.8) is 0 Å². The molecule has 5 nitrogen and oxygen atoms in total. The van der Waals surface area contributed by atoms with Gasteiger partial charge in [-0.3, -0.25) is 5.10 Å². The molecular weight excluding hydrogens is 252 g/mol. The molecule has 0 radical (unpaired) electrons. The van der Waals surface area contributed by atoms with Crippen molar-refractivity contribution in [3.8, 4) is 11.8 Å². The molecule has 0 amide bonds. The molecule has 0 saturated carbocycles. The van der Waals surface area contributed by atoms with Crippen molar-refractivity contribution < 1.29 is 4.74 Å². The third kappa shape index (κ3) is 4.35. The van der Waals surface area contributed by atoms with Gasteiger partial charge >= 0.3 is 0 Å². The van der Waals surface area contributed by atoms with Crippen LogP contribution in [0.1, 0.15) is 37.7 Å². The summed E-state index contributed by atoms with van der Waals surface area (Å²) in [6.45, 7) is 11.1. The second kappa shape index (κ2) is 5.63. The summed E-state index contributed by atoms with van der Waals surface area (Å²) in [6.07, 6.45) is 0. The van der Waals surface area contributed by atoms with Crippen molar-refractivity contribution in [1.82, 2.24) is 20.5 Å². The maximum absolute atomic E-state index is 5.67. The molecule has 5 heteroatoms. The zero-order valence-electron chi connectivity index (χ0n) is 12.7. The number of H-pyrrole nitrogens is 1. The Bertz CT molecular complexity index is 584. The van der Waals surface area contributed by atoms with Crippen LogP contribution in [0.25, 0.3) is 0 Å². The van der Waals surface area contributed by atoms with Gasteiger partial charge in [0.25, 0.3) is 0 Å². The summed E-state index contributed by atoms with van der Waals surface area (Å²) in [6, 6.07) is 5.84. The fraction of sp³-hybridized carbons (Fsp3) is 0.467. The molecule has 2 aromatic rings. The SMILES string of the molecule is Cc1cc(CNC(C)(C)C)cc(Oc2cc(C)[nH]n2)n1. The number of aryl methyl sites for hydroxylation is 2. The minimum atomic E-state index is 0.0809. The standard InChI is InChI=1S/C15H22N4O/c1-10-6-12(9-16-15(3,4)5)8-13(17-10)20-14-7-11(2)18-19-14/h6-8,16H,9H2,1-5H3,(H,18,19). The van der Waals surface area contributed by atoms with Crippen molar-refractivity contribution in [2.45, 2.75) is 46.7 Å². The predicted molar refractivity (Wildman–Crippen MR) is 79.0 cm³/mol. The lowest BCUT2D eigenvalue weighted by Crippen LogP contribution is -2.35.